The number of nitrogens with zero attached hydrogens (tertiary/aromatic N) is 2. The predicted molar refractivity (Wildman–Crippen MR) is 96.3 cm³/mol. The number of ether oxygens (including phenoxy) is 1. The summed E-state index contributed by atoms with van der Waals surface area (Å²) in [4.78, 5) is 20.8. The number of aromatic nitrogens is 2. The average molecular weight is 398 g/mol. The second-order valence-corrected chi connectivity index (χ2v) is 5.76. The van der Waals surface area contributed by atoms with E-state index >= 15 is 0 Å². The Morgan fingerprint density at radius 1 is 1.30 bits per heavy atom. The second kappa shape index (κ2) is 8.76. The number of nitrogens with one attached hydrogen (secondary N) is 2. The number of amides is 1. The Bertz CT molecular complexity index is 830. The highest BCUT2D eigenvalue weighted by atomic mass is 32.1. The van der Waals surface area contributed by atoms with E-state index in [1.54, 1.807) is 13.0 Å². The lowest BCUT2D eigenvalue weighted by Gasteiger charge is -2.20. The maximum atomic E-state index is 13.1. The number of halogens is 3. The van der Waals surface area contributed by atoms with Crippen molar-refractivity contribution >= 4 is 23.2 Å². The lowest BCUT2D eigenvalue weighted by molar-refractivity contribution is -0.137. The van der Waals surface area contributed by atoms with Crippen molar-refractivity contribution < 1.29 is 22.7 Å². The molecule has 1 atom stereocenters. The topological polar surface area (TPSA) is 76.1 Å². The van der Waals surface area contributed by atoms with Gasteiger partial charge in [0.1, 0.15) is 5.92 Å². The Labute approximate surface area is 159 Å². The van der Waals surface area contributed by atoms with Crippen LogP contribution in [0.25, 0.3) is 0 Å². The zero-order chi connectivity index (χ0) is 20.0. The number of carbonyl (C=O) groups excluding carboxylic acids is 1. The molecule has 0 fully saturated rings. The van der Waals surface area contributed by atoms with Crippen molar-refractivity contribution in [3.05, 3.63) is 53.5 Å². The molecule has 0 aliphatic rings. The minimum atomic E-state index is -4.57. The molecule has 1 unspecified atom stereocenters. The number of carbonyl (C=O) groups is 1. The molecule has 0 saturated heterocycles. The standard InChI is InChI=1S/C17H17F3N4O2S/c1-3-21-16(27)24-14(25)13(11-5-4-7-23-15(11)26-2)12-9-10(6-8-22-12)17(18,19)20/h4-9,13H,3H2,1-2H3,(H2,21,24,25,27). The van der Waals surface area contributed by atoms with Crippen LogP contribution in [0.15, 0.2) is 36.7 Å². The zero-order valence-corrected chi connectivity index (χ0v) is 15.3. The molecular weight excluding hydrogens is 381 g/mol. The van der Waals surface area contributed by atoms with Crippen LogP contribution in [0.1, 0.15) is 29.7 Å². The quantitative estimate of drug-likeness (QED) is 0.755. The van der Waals surface area contributed by atoms with Crippen LogP contribution in [-0.2, 0) is 11.0 Å². The van der Waals surface area contributed by atoms with E-state index in [4.69, 9.17) is 17.0 Å². The third kappa shape index (κ3) is 5.13. The summed E-state index contributed by atoms with van der Waals surface area (Å²) < 4.78 is 44.4. The first-order chi connectivity index (χ1) is 12.8. The first-order valence-electron chi connectivity index (χ1n) is 7.88. The summed E-state index contributed by atoms with van der Waals surface area (Å²) in [6.07, 6.45) is -2.12. The van der Waals surface area contributed by atoms with Gasteiger partial charge in [0.05, 0.1) is 18.4 Å². The Morgan fingerprint density at radius 2 is 2.04 bits per heavy atom. The van der Waals surface area contributed by atoms with Gasteiger partial charge < -0.3 is 15.4 Å². The smallest absolute Gasteiger partial charge is 0.416 e. The van der Waals surface area contributed by atoms with Gasteiger partial charge in [-0.25, -0.2) is 4.98 Å². The van der Waals surface area contributed by atoms with Crippen LogP contribution in [0.3, 0.4) is 0 Å². The van der Waals surface area contributed by atoms with Crippen molar-refractivity contribution in [2.24, 2.45) is 0 Å². The van der Waals surface area contributed by atoms with Crippen molar-refractivity contribution in [2.75, 3.05) is 13.7 Å². The monoisotopic (exact) mass is 398 g/mol. The second-order valence-electron chi connectivity index (χ2n) is 5.35. The van der Waals surface area contributed by atoms with E-state index in [9.17, 15) is 18.0 Å². The Balaban J connectivity index is 2.53. The molecule has 2 heterocycles. The normalized spacial score (nSPS) is 12.2. The van der Waals surface area contributed by atoms with Crippen LogP contribution in [-0.4, -0.2) is 34.6 Å². The fraction of sp³-hybridized carbons (Fsp3) is 0.294. The largest absolute Gasteiger partial charge is 0.481 e. The highest BCUT2D eigenvalue weighted by molar-refractivity contribution is 7.80. The van der Waals surface area contributed by atoms with Gasteiger partial charge in [-0.3, -0.25) is 9.78 Å². The molecule has 27 heavy (non-hydrogen) atoms. The predicted octanol–water partition coefficient (Wildman–Crippen LogP) is 2.65. The Hall–Kier alpha value is -2.75. The lowest BCUT2D eigenvalue weighted by Crippen LogP contribution is -2.42. The van der Waals surface area contributed by atoms with Crippen LogP contribution in [0.4, 0.5) is 13.2 Å². The summed E-state index contributed by atoms with van der Waals surface area (Å²) in [5, 5.41) is 5.27. The molecular formula is C17H17F3N4O2S. The number of hydrogen-bond donors (Lipinski definition) is 2. The summed E-state index contributed by atoms with van der Waals surface area (Å²) in [6, 6.07) is 4.75. The fourth-order valence-corrected chi connectivity index (χ4v) is 2.64. The lowest BCUT2D eigenvalue weighted by atomic mass is 9.94. The maximum absolute atomic E-state index is 13.1. The summed E-state index contributed by atoms with van der Waals surface area (Å²) in [7, 11) is 1.35. The van der Waals surface area contributed by atoms with Crippen LogP contribution in [0.5, 0.6) is 5.88 Å². The summed E-state index contributed by atoms with van der Waals surface area (Å²) in [5.41, 5.74) is -0.751. The van der Waals surface area contributed by atoms with Crippen LogP contribution >= 0.6 is 12.2 Å². The number of pyridine rings is 2. The van der Waals surface area contributed by atoms with E-state index in [1.165, 1.54) is 19.4 Å². The fourth-order valence-electron chi connectivity index (χ4n) is 2.40. The first kappa shape index (κ1) is 20.6. The van der Waals surface area contributed by atoms with Gasteiger partial charge in [-0.1, -0.05) is 6.07 Å². The molecule has 0 aromatic carbocycles. The van der Waals surface area contributed by atoms with Gasteiger partial charge in [-0.2, -0.15) is 13.2 Å². The van der Waals surface area contributed by atoms with Gasteiger partial charge in [0.2, 0.25) is 11.8 Å². The molecule has 144 valence electrons. The number of alkyl halides is 3. The molecule has 2 aromatic heterocycles. The van der Waals surface area contributed by atoms with Crippen molar-refractivity contribution in [1.82, 2.24) is 20.6 Å². The van der Waals surface area contributed by atoms with Crippen molar-refractivity contribution in [3.8, 4) is 5.88 Å². The molecule has 10 heteroatoms. The first-order valence-corrected chi connectivity index (χ1v) is 8.29. The van der Waals surface area contributed by atoms with Crippen molar-refractivity contribution in [1.29, 1.82) is 0 Å². The Kier molecular flexibility index (Phi) is 6.67. The van der Waals surface area contributed by atoms with Crippen molar-refractivity contribution in [3.63, 3.8) is 0 Å². The summed E-state index contributed by atoms with van der Waals surface area (Å²) >= 11 is 5.00. The van der Waals surface area contributed by atoms with Crippen LogP contribution in [0.2, 0.25) is 0 Å². The van der Waals surface area contributed by atoms with Gasteiger partial charge in [-0.05, 0) is 37.3 Å². The van der Waals surface area contributed by atoms with Gasteiger partial charge >= 0.3 is 6.18 Å². The zero-order valence-electron chi connectivity index (χ0n) is 14.5. The molecule has 0 aliphatic heterocycles. The molecule has 1 amide bonds. The van der Waals surface area contributed by atoms with E-state index in [0.717, 1.165) is 18.3 Å². The number of thiocarbonyl (C=S) groups is 1. The van der Waals surface area contributed by atoms with Crippen LogP contribution < -0.4 is 15.4 Å². The van der Waals surface area contributed by atoms with Crippen molar-refractivity contribution in [2.45, 2.75) is 19.0 Å². The minimum Gasteiger partial charge on any atom is -0.481 e. The highest BCUT2D eigenvalue weighted by Gasteiger charge is 2.34. The van der Waals surface area contributed by atoms with E-state index < -0.39 is 23.6 Å². The molecule has 2 N–H and O–H groups in total. The van der Waals surface area contributed by atoms with Gasteiger partial charge in [0, 0.05) is 24.5 Å². The molecule has 6 nitrogen and oxygen atoms in total. The van der Waals surface area contributed by atoms with Gasteiger partial charge in [-0.15, -0.1) is 0 Å². The Morgan fingerprint density at radius 3 is 2.67 bits per heavy atom. The third-order valence-corrected chi connectivity index (χ3v) is 3.79. The SMILES string of the molecule is CCNC(=S)NC(=O)C(c1cc(C(F)(F)F)ccn1)c1cccnc1OC. The number of rotatable bonds is 5. The van der Waals surface area contributed by atoms with E-state index in [2.05, 4.69) is 20.6 Å². The molecule has 0 bridgehead atoms. The molecule has 0 spiro atoms. The molecule has 2 aromatic rings. The van der Waals surface area contributed by atoms with Gasteiger partial charge in [0.15, 0.2) is 5.11 Å². The average Bonchev–Trinajstić information content (AvgIpc) is 2.62. The van der Waals surface area contributed by atoms with E-state index in [-0.39, 0.29) is 22.2 Å². The summed E-state index contributed by atoms with van der Waals surface area (Å²) in [5.74, 6) is -1.75. The molecule has 2 rings (SSSR count). The minimum absolute atomic E-state index is 0.0577. The van der Waals surface area contributed by atoms with Crippen LogP contribution in [0, 0.1) is 0 Å². The summed E-state index contributed by atoms with van der Waals surface area (Å²) in [6.45, 7) is 2.26. The maximum Gasteiger partial charge on any atom is 0.416 e. The molecule has 0 saturated carbocycles. The third-order valence-electron chi connectivity index (χ3n) is 3.55. The highest BCUT2D eigenvalue weighted by Crippen LogP contribution is 2.34. The number of hydrogen-bond acceptors (Lipinski definition) is 5. The molecule has 0 aliphatic carbocycles. The molecule has 0 radical (unpaired) electrons. The van der Waals surface area contributed by atoms with E-state index in [1.807, 2.05) is 0 Å². The van der Waals surface area contributed by atoms with Gasteiger partial charge in [0.25, 0.3) is 0 Å². The van der Waals surface area contributed by atoms with E-state index in [0.29, 0.717) is 6.54 Å². The number of methoxy groups -OCH3 is 1.